The minimum absolute atomic E-state index is 0.0160. The molecule has 2 heterocycles. The SMILES string of the molecule is C#CCC(=O)C1CC2CCC(C1)N2C(=O)OC(C)(C)C. The normalized spacial score (nSPS) is 28.9. The topological polar surface area (TPSA) is 46.6 Å². The van der Waals surface area contributed by atoms with Crippen molar-refractivity contribution in [1.29, 1.82) is 0 Å². The van der Waals surface area contributed by atoms with Crippen LogP contribution in [-0.2, 0) is 9.53 Å². The van der Waals surface area contributed by atoms with Gasteiger partial charge in [-0.1, -0.05) is 5.92 Å². The largest absolute Gasteiger partial charge is 0.444 e. The van der Waals surface area contributed by atoms with E-state index in [1.807, 2.05) is 25.7 Å². The number of piperidine rings is 1. The molecular weight excluding hydrogens is 254 g/mol. The number of Topliss-reactive ketones (excluding diaryl/α,β-unsaturated/α-hetero) is 1. The Bertz CT molecular complexity index is 430. The zero-order valence-corrected chi connectivity index (χ0v) is 12.5. The van der Waals surface area contributed by atoms with E-state index >= 15 is 0 Å². The molecule has 0 N–H and O–H groups in total. The first-order valence-corrected chi connectivity index (χ1v) is 7.29. The highest BCUT2D eigenvalue weighted by atomic mass is 16.6. The van der Waals surface area contributed by atoms with Crippen molar-refractivity contribution in [2.45, 2.75) is 70.6 Å². The van der Waals surface area contributed by atoms with Gasteiger partial charge < -0.3 is 9.64 Å². The predicted octanol–water partition coefficient (Wildman–Crippen LogP) is 2.76. The van der Waals surface area contributed by atoms with Crippen molar-refractivity contribution in [1.82, 2.24) is 4.90 Å². The van der Waals surface area contributed by atoms with Gasteiger partial charge >= 0.3 is 6.09 Å². The van der Waals surface area contributed by atoms with E-state index in [1.165, 1.54) is 0 Å². The first kappa shape index (κ1) is 14.9. The van der Waals surface area contributed by atoms with Crippen LogP contribution in [0.25, 0.3) is 0 Å². The number of ether oxygens (including phenoxy) is 1. The van der Waals surface area contributed by atoms with Gasteiger partial charge in [0, 0.05) is 18.0 Å². The number of hydrogen-bond acceptors (Lipinski definition) is 3. The molecule has 2 fully saturated rings. The van der Waals surface area contributed by atoms with Gasteiger partial charge in [0.15, 0.2) is 0 Å². The van der Waals surface area contributed by atoms with Crippen LogP contribution in [0.5, 0.6) is 0 Å². The second kappa shape index (κ2) is 5.47. The van der Waals surface area contributed by atoms with E-state index in [0.717, 1.165) is 25.7 Å². The Morgan fingerprint density at radius 3 is 2.25 bits per heavy atom. The maximum absolute atomic E-state index is 12.3. The van der Waals surface area contributed by atoms with E-state index in [1.54, 1.807) is 0 Å². The Labute approximate surface area is 120 Å². The Morgan fingerprint density at radius 1 is 1.25 bits per heavy atom. The van der Waals surface area contributed by atoms with Crippen molar-refractivity contribution < 1.29 is 14.3 Å². The highest BCUT2D eigenvalue weighted by Gasteiger charge is 2.46. The van der Waals surface area contributed by atoms with Crippen molar-refractivity contribution in [3.05, 3.63) is 0 Å². The fourth-order valence-corrected chi connectivity index (χ4v) is 3.30. The molecular formula is C16H23NO3. The lowest BCUT2D eigenvalue weighted by molar-refractivity contribution is -0.124. The summed E-state index contributed by atoms with van der Waals surface area (Å²) in [6, 6.07) is 0.269. The molecule has 2 atom stereocenters. The van der Waals surface area contributed by atoms with Crippen LogP contribution in [0.2, 0.25) is 0 Å². The minimum atomic E-state index is -0.480. The fourth-order valence-electron chi connectivity index (χ4n) is 3.30. The van der Waals surface area contributed by atoms with Gasteiger partial charge in [-0.25, -0.2) is 4.79 Å². The van der Waals surface area contributed by atoms with Crippen LogP contribution < -0.4 is 0 Å². The van der Waals surface area contributed by atoms with Crippen molar-refractivity contribution in [3.63, 3.8) is 0 Å². The van der Waals surface area contributed by atoms with Crippen LogP contribution in [-0.4, -0.2) is 34.5 Å². The Balaban J connectivity index is 2.02. The molecule has 2 unspecified atom stereocenters. The second-order valence-corrected chi connectivity index (χ2v) is 6.79. The van der Waals surface area contributed by atoms with Gasteiger partial charge in [-0.05, 0) is 46.5 Å². The van der Waals surface area contributed by atoms with Crippen LogP contribution in [0.15, 0.2) is 0 Å². The lowest BCUT2D eigenvalue weighted by Gasteiger charge is -2.38. The molecule has 110 valence electrons. The molecule has 2 aliphatic rings. The van der Waals surface area contributed by atoms with Crippen molar-refractivity contribution in [2.75, 3.05) is 0 Å². The third-order valence-corrected chi connectivity index (χ3v) is 4.07. The number of ketones is 1. The molecule has 0 aliphatic carbocycles. The van der Waals surface area contributed by atoms with Crippen LogP contribution in [0.1, 0.15) is 52.9 Å². The number of hydrogen-bond donors (Lipinski definition) is 0. The fraction of sp³-hybridized carbons (Fsp3) is 0.750. The average molecular weight is 277 g/mol. The summed E-state index contributed by atoms with van der Waals surface area (Å²) in [6.07, 6.45) is 8.56. The number of nitrogens with zero attached hydrogens (tertiary/aromatic N) is 1. The van der Waals surface area contributed by atoms with E-state index in [2.05, 4.69) is 5.92 Å². The minimum Gasteiger partial charge on any atom is -0.444 e. The highest BCUT2D eigenvalue weighted by Crippen LogP contribution is 2.40. The quantitative estimate of drug-likeness (QED) is 0.729. The summed E-state index contributed by atoms with van der Waals surface area (Å²) in [5.41, 5.74) is -0.480. The lowest BCUT2D eigenvalue weighted by atomic mass is 9.86. The van der Waals surface area contributed by atoms with E-state index in [0.29, 0.717) is 0 Å². The number of terminal acetylenes is 1. The maximum Gasteiger partial charge on any atom is 0.410 e. The molecule has 2 bridgehead atoms. The first-order chi connectivity index (χ1) is 9.31. The zero-order valence-electron chi connectivity index (χ0n) is 12.5. The molecule has 1 amide bonds. The molecule has 2 rings (SSSR count). The van der Waals surface area contributed by atoms with Crippen molar-refractivity contribution in [2.24, 2.45) is 5.92 Å². The van der Waals surface area contributed by atoms with Crippen LogP contribution >= 0.6 is 0 Å². The summed E-state index contributed by atoms with van der Waals surface area (Å²) in [5, 5.41) is 0. The molecule has 0 aromatic rings. The van der Waals surface area contributed by atoms with Gasteiger partial charge in [0.25, 0.3) is 0 Å². The smallest absolute Gasteiger partial charge is 0.410 e. The number of carbonyl (C=O) groups is 2. The molecule has 0 aromatic carbocycles. The summed E-state index contributed by atoms with van der Waals surface area (Å²) < 4.78 is 5.47. The highest BCUT2D eigenvalue weighted by molar-refractivity contribution is 5.83. The third kappa shape index (κ3) is 3.15. The van der Waals surface area contributed by atoms with Crippen molar-refractivity contribution >= 4 is 11.9 Å². The zero-order chi connectivity index (χ0) is 14.9. The van der Waals surface area contributed by atoms with E-state index in [-0.39, 0.29) is 36.3 Å². The molecule has 4 heteroatoms. The van der Waals surface area contributed by atoms with E-state index in [9.17, 15) is 9.59 Å². The maximum atomic E-state index is 12.3. The molecule has 20 heavy (non-hydrogen) atoms. The van der Waals surface area contributed by atoms with Gasteiger partial charge in [0.1, 0.15) is 11.4 Å². The van der Waals surface area contributed by atoms with Crippen molar-refractivity contribution in [3.8, 4) is 12.3 Å². The lowest BCUT2D eigenvalue weighted by Crippen LogP contribution is -2.49. The Kier molecular flexibility index (Phi) is 4.08. The molecule has 0 spiro atoms. The molecule has 4 nitrogen and oxygen atoms in total. The van der Waals surface area contributed by atoms with Crippen LogP contribution in [0, 0.1) is 18.3 Å². The molecule has 2 saturated heterocycles. The first-order valence-electron chi connectivity index (χ1n) is 7.29. The average Bonchev–Trinajstić information content (AvgIpc) is 2.58. The Morgan fingerprint density at radius 2 is 1.80 bits per heavy atom. The standard InChI is InChI=1S/C16H23NO3/c1-5-6-14(18)11-9-12-7-8-13(10-11)17(12)15(19)20-16(2,3)4/h1,11-13H,6-10H2,2-4H3. The predicted molar refractivity (Wildman–Crippen MR) is 76.1 cm³/mol. The van der Waals surface area contributed by atoms with Crippen LogP contribution in [0.3, 0.4) is 0 Å². The van der Waals surface area contributed by atoms with E-state index in [4.69, 9.17) is 11.2 Å². The Hall–Kier alpha value is -1.50. The second-order valence-electron chi connectivity index (χ2n) is 6.79. The monoisotopic (exact) mass is 277 g/mol. The third-order valence-electron chi connectivity index (χ3n) is 4.07. The summed E-state index contributed by atoms with van der Waals surface area (Å²) in [6.45, 7) is 5.61. The number of amides is 1. The van der Waals surface area contributed by atoms with Gasteiger partial charge in [-0.2, -0.15) is 0 Å². The van der Waals surface area contributed by atoms with Gasteiger partial charge in [0.2, 0.25) is 0 Å². The van der Waals surface area contributed by atoms with E-state index < -0.39 is 5.60 Å². The van der Waals surface area contributed by atoms with Crippen LogP contribution in [0.4, 0.5) is 4.79 Å². The number of carbonyl (C=O) groups excluding carboxylic acids is 2. The van der Waals surface area contributed by atoms with Gasteiger partial charge in [-0.15, -0.1) is 6.42 Å². The molecule has 2 aliphatic heterocycles. The summed E-state index contributed by atoms with van der Waals surface area (Å²) in [5.74, 6) is 2.59. The summed E-state index contributed by atoms with van der Waals surface area (Å²) >= 11 is 0. The number of fused-ring (bicyclic) bond motifs is 2. The molecule has 0 radical (unpaired) electrons. The summed E-state index contributed by atoms with van der Waals surface area (Å²) in [7, 11) is 0. The van der Waals surface area contributed by atoms with Gasteiger partial charge in [-0.3, -0.25) is 4.79 Å². The molecule has 0 aromatic heterocycles. The summed E-state index contributed by atoms with van der Waals surface area (Å²) in [4.78, 5) is 26.1. The molecule has 0 saturated carbocycles. The van der Waals surface area contributed by atoms with Gasteiger partial charge in [0.05, 0.1) is 6.42 Å². The number of rotatable bonds is 2.